The Morgan fingerprint density at radius 3 is 2.88 bits per heavy atom. The van der Waals surface area contributed by atoms with Crippen LogP contribution in [0.1, 0.15) is 6.42 Å². The highest BCUT2D eigenvalue weighted by Gasteiger charge is 2.14. The van der Waals surface area contributed by atoms with E-state index < -0.39 is 23.6 Å². The maximum Gasteiger partial charge on any atom is 0.242 e. The number of anilines is 1. The summed E-state index contributed by atoms with van der Waals surface area (Å²) in [6, 6.07) is 1.80. The minimum Gasteiger partial charge on any atom is -0.322 e. The molecule has 0 saturated heterocycles. The standard InChI is InChI=1S/C11H10F2N2O/c1-2-3-9(14)11(16)15-10-6-7(12)4-5-8(10)13/h1,4-6,9H,3,14H2,(H,15,16). The van der Waals surface area contributed by atoms with E-state index in [4.69, 9.17) is 12.2 Å². The molecule has 0 spiro atoms. The van der Waals surface area contributed by atoms with Crippen molar-refractivity contribution >= 4 is 11.6 Å². The number of hydrogen-bond donors (Lipinski definition) is 2. The van der Waals surface area contributed by atoms with Gasteiger partial charge in [0, 0.05) is 12.5 Å². The highest BCUT2D eigenvalue weighted by Crippen LogP contribution is 2.15. The number of benzene rings is 1. The van der Waals surface area contributed by atoms with Crippen molar-refractivity contribution in [2.24, 2.45) is 5.73 Å². The van der Waals surface area contributed by atoms with Gasteiger partial charge in [0.2, 0.25) is 5.91 Å². The van der Waals surface area contributed by atoms with Crippen molar-refractivity contribution in [3.05, 3.63) is 29.8 Å². The summed E-state index contributed by atoms with van der Waals surface area (Å²) in [6.45, 7) is 0. The summed E-state index contributed by atoms with van der Waals surface area (Å²) in [5.41, 5.74) is 5.14. The topological polar surface area (TPSA) is 55.1 Å². The van der Waals surface area contributed by atoms with Crippen LogP contribution in [0.25, 0.3) is 0 Å². The molecule has 84 valence electrons. The van der Waals surface area contributed by atoms with Gasteiger partial charge in [0.1, 0.15) is 11.6 Å². The summed E-state index contributed by atoms with van der Waals surface area (Å²) in [7, 11) is 0. The second-order valence-electron chi connectivity index (χ2n) is 3.13. The maximum atomic E-state index is 13.1. The van der Waals surface area contributed by atoms with Gasteiger partial charge in [-0.15, -0.1) is 12.3 Å². The zero-order valence-corrected chi connectivity index (χ0v) is 8.34. The Labute approximate surface area is 91.6 Å². The van der Waals surface area contributed by atoms with Crippen LogP contribution < -0.4 is 11.1 Å². The van der Waals surface area contributed by atoms with Gasteiger partial charge in [0.15, 0.2) is 0 Å². The summed E-state index contributed by atoms with van der Waals surface area (Å²) in [6.07, 6.45) is 5.00. The van der Waals surface area contributed by atoms with E-state index in [1.807, 2.05) is 0 Å². The third kappa shape index (κ3) is 3.04. The van der Waals surface area contributed by atoms with Crippen LogP contribution in [-0.4, -0.2) is 11.9 Å². The third-order valence-corrected chi connectivity index (χ3v) is 1.86. The van der Waals surface area contributed by atoms with Crippen molar-refractivity contribution in [1.82, 2.24) is 0 Å². The molecule has 16 heavy (non-hydrogen) atoms. The van der Waals surface area contributed by atoms with E-state index >= 15 is 0 Å². The van der Waals surface area contributed by atoms with Crippen LogP contribution >= 0.6 is 0 Å². The number of amides is 1. The Hall–Kier alpha value is -1.93. The summed E-state index contributed by atoms with van der Waals surface area (Å²) >= 11 is 0. The smallest absolute Gasteiger partial charge is 0.242 e. The van der Waals surface area contributed by atoms with Crippen molar-refractivity contribution in [2.45, 2.75) is 12.5 Å². The number of rotatable bonds is 3. The lowest BCUT2D eigenvalue weighted by Crippen LogP contribution is -2.35. The van der Waals surface area contributed by atoms with E-state index in [2.05, 4.69) is 11.2 Å². The van der Waals surface area contributed by atoms with Gasteiger partial charge >= 0.3 is 0 Å². The molecule has 0 aliphatic carbocycles. The molecule has 0 aliphatic heterocycles. The summed E-state index contributed by atoms with van der Waals surface area (Å²) in [5, 5.41) is 2.16. The molecule has 1 unspecified atom stereocenters. The lowest BCUT2D eigenvalue weighted by molar-refractivity contribution is -0.117. The molecular weight excluding hydrogens is 214 g/mol. The van der Waals surface area contributed by atoms with Crippen LogP contribution in [0, 0.1) is 24.0 Å². The monoisotopic (exact) mass is 224 g/mol. The van der Waals surface area contributed by atoms with E-state index in [-0.39, 0.29) is 12.1 Å². The van der Waals surface area contributed by atoms with Gasteiger partial charge in [-0.05, 0) is 12.1 Å². The fourth-order valence-corrected chi connectivity index (χ4v) is 1.04. The molecule has 3 N–H and O–H groups in total. The SMILES string of the molecule is C#CCC(N)C(=O)Nc1cc(F)ccc1F. The molecule has 1 aromatic carbocycles. The van der Waals surface area contributed by atoms with Gasteiger partial charge in [-0.2, -0.15) is 0 Å². The van der Waals surface area contributed by atoms with Crippen LogP contribution in [0.5, 0.6) is 0 Å². The molecule has 1 amide bonds. The van der Waals surface area contributed by atoms with Crippen molar-refractivity contribution < 1.29 is 13.6 Å². The third-order valence-electron chi connectivity index (χ3n) is 1.86. The highest BCUT2D eigenvalue weighted by molar-refractivity contribution is 5.94. The van der Waals surface area contributed by atoms with Gasteiger partial charge in [-0.3, -0.25) is 4.79 Å². The Morgan fingerprint density at radius 2 is 2.25 bits per heavy atom. The van der Waals surface area contributed by atoms with Crippen molar-refractivity contribution in [3.63, 3.8) is 0 Å². The molecule has 0 heterocycles. The second kappa shape index (κ2) is 5.24. The first-order valence-electron chi connectivity index (χ1n) is 4.49. The molecule has 0 aromatic heterocycles. The number of terminal acetylenes is 1. The van der Waals surface area contributed by atoms with E-state index in [0.717, 1.165) is 18.2 Å². The first-order valence-corrected chi connectivity index (χ1v) is 4.49. The molecule has 0 aliphatic rings. The zero-order chi connectivity index (χ0) is 12.1. The summed E-state index contributed by atoms with van der Waals surface area (Å²) in [5.74, 6) is 0.172. The normalized spacial score (nSPS) is 11.6. The van der Waals surface area contributed by atoms with Gasteiger partial charge in [-0.1, -0.05) is 0 Å². The van der Waals surface area contributed by atoms with Gasteiger partial charge < -0.3 is 11.1 Å². The Bertz CT molecular complexity index is 440. The average molecular weight is 224 g/mol. The second-order valence-corrected chi connectivity index (χ2v) is 3.13. The number of hydrogen-bond acceptors (Lipinski definition) is 2. The molecule has 3 nitrogen and oxygen atoms in total. The molecule has 0 bridgehead atoms. The fourth-order valence-electron chi connectivity index (χ4n) is 1.04. The van der Waals surface area contributed by atoms with Crippen LogP contribution in [0.3, 0.4) is 0 Å². The Kier molecular flexibility index (Phi) is 3.97. The lowest BCUT2D eigenvalue weighted by atomic mass is 10.2. The quantitative estimate of drug-likeness (QED) is 0.759. The molecule has 1 atom stereocenters. The van der Waals surface area contributed by atoms with Crippen molar-refractivity contribution in [1.29, 1.82) is 0 Å². The van der Waals surface area contributed by atoms with E-state index in [0.29, 0.717) is 0 Å². The maximum absolute atomic E-state index is 13.1. The number of carbonyl (C=O) groups excluding carboxylic acids is 1. The molecule has 0 fully saturated rings. The highest BCUT2D eigenvalue weighted by atomic mass is 19.1. The molecule has 5 heteroatoms. The van der Waals surface area contributed by atoms with Gasteiger partial charge in [-0.25, -0.2) is 8.78 Å². The minimum absolute atomic E-state index is 0.0305. The largest absolute Gasteiger partial charge is 0.322 e. The number of halogens is 2. The number of nitrogens with one attached hydrogen (secondary N) is 1. The average Bonchev–Trinajstić information content (AvgIpc) is 2.23. The minimum atomic E-state index is -0.937. The number of carbonyl (C=O) groups is 1. The molecule has 0 radical (unpaired) electrons. The molecule has 0 saturated carbocycles. The zero-order valence-electron chi connectivity index (χ0n) is 8.34. The Morgan fingerprint density at radius 1 is 1.56 bits per heavy atom. The van der Waals surface area contributed by atoms with Gasteiger partial charge in [0.05, 0.1) is 11.7 Å². The van der Waals surface area contributed by atoms with Crippen LogP contribution in [-0.2, 0) is 4.79 Å². The van der Waals surface area contributed by atoms with Crippen LogP contribution in [0.4, 0.5) is 14.5 Å². The Balaban J connectivity index is 2.77. The van der Waals surface area contributed by atoms with Crippen molar-refractivity contribution in [3.8, 4) is 12.3 Å². The predicted molar refractivity (Wildman–Crippen MR) is 56.4 cm³/mol. The van der Waals surface area contributed by atoms with Crippen LogP contribution in [0.15, 0.2) is 18.2 Å². The molecule has 1 rings (SSSR count). The predicted octanol–water partition coefficient (Wildman–Crippen LogP) is 1.25. The van der Waals surface area contributed by atoms with E-state index in [1.165, 1.54) is 0 Å². The lowest BCUT2D eigenvalue weighted by Gasteiger charge is -2.10. The first-order chi connectivity index (χ1) is 7.54. The van der Waals surface area contributed by atoms with E-state index in [1.54, 1.807) is 0 Å². The molecule has 1 aromatic rings. The molecular formula is C11H10F2N2O. The summed E-state index contributed by atoms with van der Waals surface area (Å²) in [4.78, 5) is 11.3. The van der Waals surface area contributed by atoms with Crippen LogP contribution in [0.2, 0.25) is 0 Å². The first kappa shape index (κ1) is 12.1. The van der Waals surface area contributed by atoms with E-state index in [9.17, 15) is 13.6 Å². The summed E-state index contributed by atoms with van der Waals surface area (Å²) < 4.78 is 25.9. The fraction of sp³-hybridized carbons (Fsp3) is 0.182. The van der Waals surface area contributed by atoms with Crippen molar-refractivity contribution in [2.75, 3.05) is 5.32 Å². The van der Waals surface area contributed by atoms with Gasteiger partial charge in [0.25, 0.3) is 0 Å². The number of nitrogens with two attached hydrogens (primary N) is 1.